The molecule has 0 radical (unpaired) electrons. The molecule has 2 N–H and O–H groups in total. The Hall–Kier alpha value is -2.74. The van der Waals surface area contributed by atoms with E-state index in [-0.39, 0.29) is 40.4 Å². The van der Waals surface area contributed by atoms with Crippen molar-refractivity contribution in [1.82, 2.24) is 15.3 Å². The highest BCUT2D eigenvalue weighted by Crippen LogP contribution is 2.42. The van der Waals surface area contributed by atoms with Crippen molar-refractivity contribution in [3.8, 4) is 10.6 Å². The molecule has 1 fully saturated rings. The van der Waals surface area contributed by atoms with Crippen molar-refractivity contribution in [2.45, 2.75) is 44.0 Å². The number of hydrogen-bond donors (Lipinski definition) is 2. The first-order valence-electron chi connectivity index (χ1n) is 12.3. The standard InChI is InChI=1S/C25H28F3N5O3S2/c1-3-16-10-17(33-7-6-29-12-15(33)2)4-5-19(16)31-24-30-13-18(25(26,27)28)23(32-24)20-11-22-21(37-20)14-36-8-9-38(22,34)35/h4-5,10-11,13,15,29H,3,6-9,12,14H2,1-2H3,(H,30,31,32)/t15-/m0/s1. The molecule has 0 bridgehead atoms. The number of hydrogen-bond acceptors (Lipinski definition) is 9. The van der Waals surface area contributed by atoms with Gasteiger partial charge in [-0.3, -0.25) is 0 Å². The van der Waals surface area contributed by atoms with Crippen LogP contribution in [0.1, 0.15) is 29.9 Å². The van der Waals surface area contributed by atoms with Crippen LogP contribution in [0.2, 0.25) is 0 Å². The van der Waals surface area contributed by atoms with Crippen LogP contribution in [0.4, 0.5) is 30.5 Å². The summed E-state index contributed by atoms with van der Waals surface area (Å²) in [6.45, 7) is 6.90. The maximum Gasteiger partial charge on any atom is 0.420 e. The minimum Gasteiger partial charge on any atom is -0.375 e. The van der Waals surface area contributed by atoms with E-state index < -0.39 is 21.6 Å². The number of benzene rings is 1. The summed E-state index contributed by atoms with van der Waals surface area (Å²) in [5.74, 6) is -0.227. The monoisotopic (exact) mass is 567 g/mol. The second-order valence-corrected chi connectivity index (χ2v) is 12.5. The zero-order chi connectivity index (χ0) is 27.1. The third-order valence-electron chi connectivity index (χ3n) is 6.71. The van der Waals surface area contributed by atoms with Gasteiger partial charge >= 0.3 is 6.18 Å². The Bertz CT molecular complexity index is 1440. The number of aromatic nitrogens is 2. The summed E-state index contributed by atoms with van der Waals surface area (Å²) in [6, 6.07) is 7.56. The molecule has 0 spiro atoms. The molecule has 0 saturated carbocycles. The lowest BCUT2D eigenvalue weighted by Crippen LogP contribution is -2.49. The molecule has 2 aliphatic heterocycles. The molecule has 204 valence electrons. The van der Waals surface area contributed by atoms with Gasteiger partial charge in [0, 0.05) is 48.1 Å². The van der Waals surface area contributed by atoms with E-state index in [0.717, 1.165) is 48.4 Å². The van der Waals surface area contributed by atoms with Crippen molar-refractivity contribution in [2.24, 2.45) is 0 Å². The number of nitrogens with one attached hydrogen (secondary N) is 2. The van der Waals surface area contributed by atoms with Crippen LogP contribution in [0.3, 0.4) is 0 Å². The third-order valence-corrected chi connectivity index (χ3v) is 9.69. The predicted molar refractivity (Wildman–Crippen MR) is 141 cm³/mol. The normalized spacial score (nSPS) is 19.6. The van der Waals surface area contributed by atoms with E-state index in [1.807, 2.05) is 19.1 Å². The van der Waals surface area contributed by atoms with Crippen molar-refractivity contribution < 1.29 is 26.3 Å². The lowest BCUT2D eigenvalue weighted by Gasteiger charge is -2.36. The van der Waals surface area contributed by atoms with Gasteiger partial charge in [0.05, 0.1) is 34.4 Å². The number of anilines is 3. The van der Waals surface area contributed by atoms with Gasteiger partial charge in [0.2, 0.25) is 5.95 Å². The highest BCUT2D eigenvalue weighted by atomic mass is 32.2. The number of piperazine rings is 1. The van der Waals surface area contributed by atoms with Crippen LogP contribution < -0.4 is 15.5 Å². The van der Waals surface area contributed by atoms with E-state index in [1.54, 1.807) is 0 Å². The fraction of sp³-hybridized carbons (Fsp3) is 0.440. The van der Waals surface area contributed by atoms with Crippen molar-refractivity contribution in [3.63, 3.8) is 0 Å². The molecule has 1 atom stereocenters. The quantitative estimate of drug-likeness (QED) is 0.461. The van der Waals surface area contributed by atoms with Gasteiger partial charge in [0.15, 0.2) is 9.84 Å². The maximum absolute atomic E-state index is 13.9. The molecule has 1 saturated heterocycles. The lowest BCUT2D eigenvalue weighted by atomic mass is 10.1. The van der Waals surface area contributed by atoms with Crippen molar-refractivity contribution in [1.29, 1.82) is 0 Å². The molecule has 38 heavy (non-hydrogen) atoms. The first kappa shape index (κ1) is 26.9. The van der Waals surface area contributed by atoms with Gasteiger partial charge in [-0.25, -0.2) is 18.4 Å². The van der Waals surface area contributed by atoms with E-state index >= 15 is 0 Å². The third kappa shape index (κ3) is 5.37. The lowest BCUT2D eigenvalue weighted by molar-refractivity contribution is -0.137. The van der Waals surface area contributed by atoms with Crippen LogP contribution in [0, 0.1) is 0 Å². The fourth-order valence-electron chi connectivity index (χ4n) is 4.69. The number of alkyl halides is 3. The number of sulfone groups is 1. The Morgan fingerprint density at radius 3 is 2.84 bits per heavy atom. The van der Waals surface area contributed by atoms with E-state index in [4.69, 9.17) is 4.74 Å². The van der Waals surface area contributed by atoms with Crippen molar-refractivity contribution in [2.75, 3.05) is 42.2 Å². The molecule has 5 rings (SSSR count). The molecular weight excluding hydrogens is 539 g/mol. The molecule has 3 aromatic rings. The molecule has 0 amide bonds. The Labute approximate surface area is 223 Å². The summed E-state index contributed by atoms with van der Waals surface area (Å²) < 4.78 is 72.3. The molecule has 0 aliphatic carbocycles. The summed E-state index contributed by atoms with van der Waals surface area (Å²) >= 11 is 0.942. The summed E-state index contributed by atoms with van der Waals surface area (Å²) in [7, 11) is -3.66. The number of ether oxygens (including phenoxy) is 1. The zero-order valence-corrected chi connectivity index (χ0v) is 22.6. The molecule has 2 aliphatic rings. The Morgan fingerprint density at radius 1 is 1.29 bits per heavy atom. The van der Waals surface area contributed by atoms with Gasteiger partial charge in [-0.1, -0.05) is 6.92 Å². The van der Waals surface area contributed by atoms with Gasteiger partial charge in [0.1, 0.15) is 5.56 Å². The molecule has 13 heteroatoms. The fourth-order valence-corrected chi connectivity index (χ4v) is 7.53. The Balaban J connectivity index is 1.51. The Kier molecular flexibility index (Phi) is 7.37. The first-order valence-corrected chi connectivity index (χ1v) is 14.8. The predicted octanol–water partition coefficient (Wildman–Crippen LogP) is 4.63. The van der Waals surface area contributed by atoms with E-state index in [1.165, 1.54) is 6.07 Å². The van der Waals surface area contributed by atoms with Crippen LogP contribution in [0.15, 0.2) is 35.4 Å². The van der Waals surface area contributed by atoms with Gasteiger partial charge in [-0.2, -0.15) is 13.2 Å². The van der Waals surface area contributed by atoms with Crippen molar-refractivity contribution in [3.05, 3.63) is 46.5 Å². The van der Waals surface area contributed by atoms with Crippen molar-refractivity contribution >= 4 is 38.5 Å². The van der Waals surface area contributed by atoms with Crippen LogP contribution in [-0.4, -0.2) is 56.4 Å². The minimum absolute atomic E-state index is 0.00208. The summed E-state index contributed by atoms with van der Waals surface area (Å²) in [6.07, 6.45) is -3.29. The van der Waals surface area contributed by atoms with Gasteiger partial charge in [-0.05, 0) is 43.2 Å². The number of rotatable bonds is 5. The van der Waals surface area contributed by atoms with Crippen LogP contribution in [0.5, 0.6) is 0 Å². The summed E-state index contributed by atoms with van der Waals surface area (Å²) in [5.41, 5.74) is 1.36. The highest BCUT2D eigenvalue weighted by molar-refractivity contribution is 7.91. The number of nitrogens with zero attached hydrogens (tertiary/aromatic N) is 3. The molecule has 2 aromatic heterocycles. The van der Waals surface area contributed by atoms with Crippen LogP contribution in [-0.2, 0) is 33.8 Å². The van der Waals surface area contributed by atoms with E-state index in [0.29, 0.717) is 23.0 Å². The maximum atomic E-state index is 13.9. The average molecular weight is 568 g/mol. The van der Waals surface area contributed by atoms with E-state index in [9.17, 15) is 21.6 Å². The smallest absolute Gasteiger partial charge is 0.375 e. The molecule has 1 aromatic carbocycles. The molecule has 8 nitrogen and oxygen atoms in total. The van der Waals surface area contributed by atoms with Crippen LogP contribution >= 0.6 is 11.3 Å². The van der Waals surface area contributed by atoms with Gasteiger partial charge in [0.25, 0.3) is 0 Å². The molecule has 0 unspecified atom stereocenters. The van der Waals surface area contributed by atoms with Crippen LogP contribution in [0.25, 0.3) is 10.6 Å². The SMILES string of the molecule is CCc1cc(N2CCNC[C@@H]2C)ccc1Nc1ncc(C(F)(F)F)c(-c2cc3c(s2)COCCS3(=O)=O)n1. The largest absolute Gasteiger partial charge is 0.420 e. The number of thiophene rings is 1. The molecular formula is C25H28F3N5O3S2. The zero-order valence-electron chi connectivity index (χ0n) is 20.9. The van der Waals surface area contributed by atoms with Gasteiger partial charge < -0.3 is 20.3 Å². The highest BCUT2D eigenvalue weighted by Gasteiger charge is 2.37. The average Bonchev–Trinajstić information content (AvgIpc) is 3.26. The number of halogens is 3. The Morgan fingerprint density at radius 2 is 2.11 bits per heavy atom. The first-order chi connectivity index (χ1) is 18.1. The molecule has 4 heterocycles. The van der Waals surface area contributed by atoms with Gasteiger partial charge in [-0.15, -0.1) is 11.3 Å². The van der Waals surface area contributed by atoms with E-state index in [2.05, 4.69) is 38.5 Å². The second-order valence-electron chi connectivity index (χ2n) is 9.29. The minimum atomic E-state index is -4.72. The number of fused-ring (bicyclic) bond motifs is 1. The topological polar surface area (TPSA) is 96.5 Å². The second kappa shape index (κ2) is 10.4. The number of aryl methyl sites for hydroxylation is 1. The summed E-state index contributed by atoms with van der Waals surface area (Å²) in [5, 5.41) is 6.46. The summed E-state index contributed by atoms with van der Waals surface area (Å²) in [4.78, 5) is 11.0.